The van der Waals surface area contributed by atoms with E-state index in [1.54, 1.807) is 7.11 Å². The lowest BCUT2D eigenvalue weighted by Gasteiger charge is -2.36. The second-order valence-corrected chi connectivity index (χ2v) is 6.84. The molecule has 4 nitrogen and oxygen atoms in total. The summed E-state index contributed by atoms with van der Waals surface area (Å²) < 4.78 is 5.99. The summed E-state index contributed by atoms with van der Waals surface area (Å²) in [4.78, 5) is 2.52. The van der Waals surface area contributed by atoms with Crippen molar-refractivity contribution >= 4 is 15.9 Å². The summed E-state index contributed by atoms with van der Waals surface area (Å²) in [6.45, 7) is 8.68. The monoisotopic (exact) mass is 356 g/mol. The second kappa shape index (κ2) is 7.47. The van der Waals surface area contributed by atoms with Crippen LogP contribution in [0.15, 0.2) is 16.6 Å². The zero-order valence-corrected chi connectivity index (χ0v) is 14.6. The Labute approximate surface area is 135 Å². The average Bonchev–Trinajstić information content (AvgIpc) is 2.48. The molecule has 1 aromatic carbocycles. The fraction of sp³-hybridized carbons (Fsp3) is 0.625. The number of ether oxygens (including phenoxy) is 1. The third-order valence-corrected chi connectivity index (χ3v) is 4.55. The molecule has 0 bridgehead atoms. The van der Waals surface area contributed by atoms with Gasteiger partial charge in [0, 0.05) is 32.2 Å². The molecular formula is C16H25BrN2O2. The lowest BCUT2D eigenvalue weighted by atomic mass is 9.94. The van der Waals surface area contributed by atoms with Crippen LogP contribution in [0, 0.1) is 5.92 Å². The quantitative estimate of drug-likeness (QED) is 0.850. The number of piperazine rings is 1. The van der Waals surface area contributed by atoms with Crippen LogP contribution >= 0.6 is 15.9 Å². The molecule has 1 heterocycles. The van der Waals surface area contributed by atoms with Gasteiger partial charge < -0.3 is 15.2 Å². The minimum atomic E-state index is 0.171. The van der Waals surface area contributed by atoms with Crippen LogP contribution in [0.4, 0.5) is 0 Å². The number of nitrogens with zero attached hydrogens (tertiary/aromatic N) is 1. The fourth-order valence-electron chi connectivity index (χ4n) is 2.88. The molecule has 1 atom stereocenters. The van der Waals surface area contributed by atoms with Gasteiger partial charge in [-0.1, -0.05) is 13.8 Å². The lowest BCUT2D eigenvalue weighted by Crippen LogP contribution is -2.45. The van der Waals surface area contributed by atoms with Gasteiger partial charge in [-0.05, 0) is 46.0 Å². The molecule has 0 aliphatic carbocycles. The first kappa shape index (κ1) is 16.6. The van der Waals surface area contributed by atoms with Crippen LogP contribution in [0.25, 0.3) is 0 Å². The minimum Gasteiger partial charge on any atom is -0.503 e. The van der Waals surface area contributed by atoms with E-state index in [-0.39, 0.29) is 5.75 Å². The van der Waals surface area contributed by atoms with E-state index < -0.39 is 0 Å². The normalized spacial score (nSPS) is 18.0. The molecule has 118 valence electrons. The van der Waals surface area contributed by atoms with Gasteiger partial charge in [-0.15, -0.1) is 0 Å². The van der Waals surface area contributed by atoms with E-state index in [2.05, 4.69) is 40.0 Å². The molecule has 0 spiro atoms. The Kier molecular flexibility index (Phi) is 5.90. The van der Waals surface area contributed by atoms with Gasteiger partial charge >= 0.3 is 0 Å². The molecule has 0 radical (unpaired) electrons. The topological polar surface area (TPSA) is 44.7 Å². The van der Waals surface area contributed by atoms with Crippen molar-refractivity contribution in [2.45, 2.75) is 26.3 Å². The van der Waals surface area contributed by atoms with Gasteiger partial charge in [0.25, 0.3) is 0 Å². The van der Waals surface area contributed by atoms with Crippen LogP contribution in [0.1, 0.15) is 31.9 Å². The third kappa shape index (κ3) is 4.11. The maximum Gasteiger partial charge on any atom is 0.172 e. The number of halogens is 1. The number of rotatable bonds is 5. The Morgan fingerprint density at radius 1 is 1.33 bits per heavy atom. The van der Waals surface area contributed by atoms with Crippen LogP contribution in [0.2, 0.25) is 0 Å². The fourth-order valence-corrected chi connectivity index (χ4v) is 3.34. The maximum atomic E-state index is 10.0. The number of hydrogen-bond acceptors (Lipinski definition) is 4. The summed E-state index contributed by atoms with van der Waals surface area (Å²) in [7, 11) is 1.59. The molecular weight excluding hydrogens is 332 g/mol. The van der Waals surface area contributed by atoms with Crippen LogP contribution in [0.3, 0.4) is 0 Å². The molecule has 5 heteroatoms. The first-order valence-corrected chi connectivity index (χ1v) is 8.33. The van der Waals surface area contributed by atoms with Crippen LogP contribution in [-0.2, 0) is 0 Å². The van der Waals surface area contributed by atoms with Crippen molar-refractivity contribution < 1.29 is 9.84 Å². The molecule has 2 rings (SSSR count). The summed E-state index contributed by atoms with van der Waals surface area (Å²) in [5.41, 5.74) is 1.20. The Morgan fingerprint density at radius 3 is 2.57 bits per heavy atom. The van der Waals surface area contributed by atoms with E-state index in [9.17, 15) is 5.11 Å². The molecule has 0 aromatic heterocycles. The molecule has 1 aromatic rings. The molecule has 0 unspecified atom stereocenters. The smallest absolute Gasteiger partial charge is 0.172 e. The summed E-state index contributed by atoms with van der Waals surface area (Å²) in [6, 6.07) is 4.35. The summed E-state index contributed by atoms with van der Waals surface area (Å²) in [5.74, 6) is 1.32. The first-order valence-electron chi connectivity index (χ1n) is 7.54. The predicted octanol–water partition coefficient (Wildman–Crippen LogP) is 3.16. The largest absolute Gasteiger partial charge is 0.503 e. The Bertz CT molecular complexity index is 474. The van der Waals surface area contributed by atoms with Crippen LogP contribution < -0.4 is 10.1 Å². The van der Waals surface area contributed by atoms with E-state index in [1.807, 2.05) is 12.1 Å². The molecule has 21 heavy (non-hydrogen) atoms. The SMILES string of the molecule is COc1cc([C@H](CC(C)C)N2CCNCC2)cc(Br)c1O. The van der Waals surface area contributed by atoms with Crippen molar-refractivity contribution in [3.05, 3.63) is 22.2 Å². The van der Waals surface area contributed by atoms with Crippen LogP contribution in [0.5, 0.6) is 11.5 Å². The van der Waals surface area contributed by atoms with Gasteiger partial charge in [0.2, 0.25) is 0 Å². The Balaban J connectivity index is 2.33. The van der Waals surface area contributed by atoms with Crippen molar-refractivity contribution in [3.8, 4) is 11.5 Å². The zero-order chi connectivity index (χ0) is 15.4. The van der Waals surface area contributed by atoms with Crippen molar-refractivity contribution in [1.82, 2.24) is 10.2 Å². The number of benzene rings is 1. The highest BCUT2D eigenvalue weighted by Gasteiger charge is 2.24. The summed E-state index contributed by atoms with van der Waals surface area (Å²) in [5, 5.41) is 13.4. The van der Waals surface area contributed by atoms with Gasteiger partial charge in [0.15, 0.2) is 11.5 Å². The van der Waals surface area contributed by atoms with E-state index in [0.717, 1.165) is 32.6 Å². The molecule has 2 N–H and O–H groups in total. The van der Waals surface area contributed by atoms with Gasteiger partial charge in [-0.25, -0.2) is 0 Å². The van der Waals surface area contributed by atoms with Gasteiger partial charge in [-0.2, -0.15) is 0 Å². The number of aromatic hydroxyl groups is 1. The molecule has 1 saturated heterocycles. The molecule has 0 saturated carbocycles. The van der Waals surface area contributed by atoms with E-state index in [0.29, 0.717) is 22.2 Å². The number of phenolic OH excluding ortho intramolecular Hbond substituents is 1. The standard InChI is InChI=1S/C16H25BrN2O2/c1-11(2)8-14(19-6-4-18-5-7-19)12-9-13(17)16(20)15(10-12)21-3/h9-11,14,18,20H,4-8H2,1-3H3/t14-/m0/s1. The molecule has 0 amide bonds. The van der Waals surface area contributed by atoms with Crippen molar-refractivity contribution in [3.63, 3.8) is 0 Å². The highest BCUT2D eigenvalue weighted by Crippen LogP contribution is 2.39. The zero-order valence-electron chi connectivity index (χ0n) is 13.0. The van der Waals surface area contributed by atoms with Gasteiger partial charge in [0.05, 0.1) is 11.6 Å². The van der Waals surface area contributed by atoms with E-state index in [4.69, 9.17) is 4.74 Å². The highest BCUT2D eigenvalue weighted by atomic mass is 79.9. The summed E-state index contributed by atoms with van der Waals surface area (Å²) >= 11 is 3.44. The number of nitrogens with one attached hydrogen (secondary N) is 1. The van der Waals surface area contributed by atoms with Gasteiger partial charge in [0.1, 0.15) is 0 Å². The number of methoxy groups -OCH3 is 1. The van der Waals surface area contributed by atoms with Crippen molar-refractivity contribution in [1.29, 1.82) is 0 Å². The molecule has 1 fully saturated rings. The number of hydrogen-bond donors (Lipinski definition) is 2. The molecule has 1 aliphatic rings. The first-order chi connectivity index (χ1) is 10.0. The average molecular weight is 357 g/mol. The lowest BCUT2D eigenvalue weighted by molar-refractivity contribution is 0.153. The molecule has 1 aliphatic heterocycles. The summed E-state index contributed by atoms with van der Waals surface area (Å²) in [6.07, 6.45) is 1.10. The van der Waals surface area contributed by atoms with Crippen LogP contribution in [-0.4, -0.2) is 43.3 Å². The Morgan fingerprint density at radius 2 is 2.00 bits per heavy atom. The van der Waals surface area contributed by atoms with Crippen molar-refractivity contribution in [2.24, 2.45) is 5.92 Å². The second-order valence-electron chi connectivity index (χ2n) is 5.98. The van der Waals surface area contributed by atoms with E-state index >= 15 is 0 Å². The maximum absolute atomic E-state index is 10.0. The van der Waals surface area contributed by atoms with Crippen molar-refractivity contribution in [2.75, 3.05) is 33.3 Å². The Hall–Kier alpha value is -0.780. The predicted molar refractivity (Wildman–Crippen MR) is 89.0 cm³/mol. The van der Waals surface area contributed by atoms with Gasteiger partial charge in [-0.3, -0.25) is 4.90 Å². The van der Waals surface area contributed by atoms with E-state index in [1.165, 1.54) is 5.56 Å². The third-order valence-electron chi connectivity index (χ3n) is 3.94. The highest BCUT2D eigenvalue weighted by molar-refractivity contribution is 9.10. The number of phenols is 1. The minimum absolute atomic E-state index is 0.171.